The Hall–Kier alpha value is -2.22. The van der Waals surface area contributed by atoms with Crippen LogP contribution in [0.1, 0.15) is 31.6 Å². The molecule has 7 nitrogen and oxygen atoms in total. The highest BCUT2D eigenvalue weighted by atomic mass is 32.1. The summed E-state index contributed by atoms with van der Waals surface area (Å²) in [5.74, 6) is -0.804. The molecule has 0 aliphatic heterocycles. The van der Waals surface area contributed by atoms with Crippen LogP contribution in [0.4, 0.5) is 5.82 Å². The number of aryl methyl sites for hydroxylation is 1. The molecule has 3 N–H and O–H groups in total. The van der Waals surface area contributed by atoms with E-state index in [0.717, 1.165) is 16.6 Å². The Bertz CT molecular complexity index is 701. The van der Waals surface area contributed by atoms with E-state index >= 15 is 0 Å². The number of nitrogens with zero attached hydrogens (tertiary/aromatic N) is 2. The van der Waals surface area contributed by atoms with Crippen molar-refractivity contribution in [2.45, 2.75) is 39.2 Å². The third kappa shape index (κ3) is 4.38. The molecule has 1 unspecified atom stereocenters. The number of amides is 1. The highest BCUT2D eigenvalue weighted by Gasteiger charge is 2.18. The molecule has 0 bridgehead atoms. The number of rotatable bonds is 8. The molecule has 2 aromatic heterocycles. The van der Waals surface area contributed by atoms with E-state index in [1.165, 1.54) is 11.2 Å². The van der Waals surface area contributed by atoms with Gasteiger partial charge in [-0.05, 0) is 18.9 Å². The number of anilines is 1. The Kier molecular flexibility index (Phi) is 5.86. The Morgan fingerprint density at radius 3 is 2.78 bits per heavy atom. The normalized spacial score (nSPS) is 12.1. The fourth-order valence-corrected chi connectivity index (χ4v) is 3.11. The van der Waals surface area contributed by atoms with Gasteiger partial charge in [-0.1, -0.05) is 20.3 Å². The molecule has 0 aromatic carbocycles. The Morgan fingerprint density at radius 1 is 1.35 bits per heavy atom. The van der Waals surface area contributed by atoms with Crippen LogP contribution in [-0.2, 0) is 16.0 Å². The van der Waals surface area contributed by atoms with Crippen LogP contribution in [0.15, 0.2) is 12.4 Å². The molecule has 0 fully saturated rings. The van der Waals surface area contributed by atoms with Crippen molar-refractivity contribution in [2.75, 3.05) is 11.9 Å². The Balaban J connectivity index is 2.01. The van der Waals surface area contributed by atoms with Crippen LogP contribution in [0.2, 0.25) is 0 Å². The number of fused-ring (bicyclic) bond motifs is 1. The Labute approximate surface area is 138 Å². The molecule has 0 radical (unpaired) electrons. The van der Waals surface area contributed by atoms with Crippen LogP contribution in [0, 0.1) is 0 Å². The number of carbonyl (C=O) groups excluding carboxylic acids is 1. The minimum Gasteiger partial charge on any atom is -0.480 e. The molecule has 0 spiro atoms. The van der Waals surface area contributed by atoms with E-state index in [1.807, 2.05) is 13.0 Å². The number of thiophene rings is 1. The summed E-state index contributed by atoms with van der Waals surface area (Å²) in [6.45, 7) is 3.91. The molecular formula is C15H20N4O3S. The van der Waals surface area contributed by atoms with Gasteiger partial charge >= 0.3 is 5.97 Å². The van der Waals surface area contributed by atoms with Crippen molar-refractivity contribution in [3.8, 4) is 0 Å². The molecule has 0 aliphatic rings. The predicted octanol–water partition coefficient (Wildman–Crippen LogP) is 2.04. The third-order valence-corrected chi connectivity index (χ3v) is 4.54. The van der Waals surface area contributed by atoms with Crippen molar-refractivity contribution in [1.82, 2.24) is 15.3 Å². The second kappa shape index (κ2) is 7.87. The van der Waals surface area contributed by atoms with E-state index in [4.69, 9.17) is 5.11 Å². The maximum Gasteiger partial charge on any atom is 0.326 e. The van der Waals surface area contributed by atoms with E-state index in [9.17, 15) is 9.59 Å². The summed E-state index contributed by atoms with van der Waals surface area (Å²) in [7, 11) is 0. The zero-order valence-electron chi connectivity index (χ0n) is 13.1. The SMILES string of the molecule is CCCC(NC(=O)CNc1ncnc2sc(CC)cc12)C(=O)O. The molecule has 1 atom stereocenters. The lowest BCUT2D eigenvalue weighted by Gasteiger charge is -2.14. The van der Waals surface area contributed by atoms with Gasteiger partial charge in [0.1, 0.15) is 23.0 Å². The quantitative estimate of drug-likeness (QED) is 0.681. The van der Waals surface area contributed by atoms with Crippen LogP contribution < -0.4 is 10.6 Å². The molecule has 124 valence electrons. The number of carboxylic acid groups (broad SMARTS) is 1. The van der Waals surface area contributed by atoms with Crippen molar-refractivity contribution in [2.24, 2.45) is 0 Å². The molecular weight excluding hydrogens is 316 g/mol. The maximum atomic E-state index is 11.9. The van der Waals surface area contributed by atoms with Crippen molar-refractivity contribution in [3.05, 3.63) is 17.3 Å². The molecule has 2 aromatic rings. The second-order valence-corrected chi connectivity index (χ2v) is 6.22. The zero-order valence-corrected chi connectivity index (χ0v) is 13.9. The van der Waals surface area contributed by atoms with Crippen molar-refractivity contribution in [1.29, 1.82) is 0 Å². The van der Waals surface area contributed by atoms with E-state index in [2.05, 4.69) is 27.5 Å². The summed E-state index contributed by atoms with van der Waals surface area (Å²) >= 11 is 1.60. The smallest absolute Gasteiger partial charge is 0.326 e. The van der Waals surface area contributed by atoms with Crippen LogP contribution in [0.3, 0.4) is 0 Å². The molecule has 0 saturated carbocycles. The summed E-state index contributed by atoms with van der Waals surface area (Å²) in [6.07, 6.45) is 3.46. The summed E-state index contributed by atoms with van der Waals surface area (Å²) < 4.78 is 0. The van der Waals surface area contributed by atoms with Gasteiger partial charge in [0.15, 0.2) is 0 Å². The minimum absolute atomic E-state index is 0.0308. The van der Waals surface area contributed by atoms with Gasteiger partial charge in [0, 0.05) is 4.88 Å². The average Bonchev–Trinajstić information content (AvgIpc) is 2.96. The van der Waals surface area contributed by atoms with Crippen molar-refractivity contribution >= 4 is 39.2 Å². The van der Waals surface area contributed by atoms with E-state index in [-0.39, 0.29) is 12.5 Å². The van der Waals surface area contributed by atoms with Gasteiger partial charge < -0.3 is 15.7 Å². The largest absolute Gasteiger partial charge is 0.480 e. The van der Waals surface area contributed by atoms with Gasteiger partial charge in [0.2, 0.25) is 5.91 Å². The molecule has 2 rings (SSSR count). The van der Waals surface area contributed by atoms with Gasteiger partial charge in [-0.2, -0.15) is 0 Å². The maximum absolute atomic E-state index is 11.9. The third-order valence-electron chi connectivity index (χ3n) is 3.36. The number of hydrogen-bond acceptors (Lipinski definition) is 6. The van der Waals surface area contributed by atoms with Crippen LogP contribution >= 0.6 is 11.3 Å². The van der Waals surface area contributed by atoms with Gasteiger partial charge in [0.05, 0.1) is 11.9 Å². The first kappa shape index (κ1) is 17.1. The van der Waals surface area contributed by atoms with Gasteiger partial charge in [-0.3, -0.25) is 4.79 Å². The first-order valence-corrected chi connectivity index (χ1v) is 8.36. The summed E-state index contributed by atoms with van der Waals surface area (Å²) in [5.41, 5.74) is 0. The summed E-state index contributed by atoms with van der Waals surface area (Å²) in [4.78, 5) is 33.4. The fraction of sp³-hybridized carbons (Fsp3) is 0.467. The first-order chi connectivity index (χ1) is 11.0. The molecule has 0 saturated heterocycles. The van der Waals surface area contributed by atoms with E-state index in [1.54, 1.807) is 11.3 Å². The molecule has 23 heavy (non-hydrogen) atoms. The van der Waals surface area contributed by atoms with Gasteiger partial charge in [0.25, 0.3) is 0 Å². The summed E-state index contributed by atoms with van der Waals surface area (Å²) in [5, 5.41) is 15.4. The highest BCUT2D eigenvalue weighted by Crippen LogP contribution is 2.28. The van der Waals surface area contributed by atoms with Crippen LogP contribution in [0.5, 0.6) is 0 Å². The number of nitrogens with one attached hydrogen (secondary N) is 2. The minimum atomic E-state index is -1.02. The van der Waals surface area contributed by atoms with Gasteiger partial charge in [-0.15, -0.1) is 11.3 Å². The second-order valence-electron chi connectivity index (χ2n) is 5.11. The fourth-order valence-electron chi connectivity index (χ4n) is 2.18. The first-order valence-electron chi connectivity index (χ1n) is 7.54. The molecule has 8 heteroatoms. The number of carboxylic acids is 1. The van der Waals surface area contributed by atoms with Gasteiger partial charge in [-0.25, -0.2) is 14.8 Å². The molecule has 0 aliphatic carbocycles. The number of aromatic nitrogens is 2. The predicted molar refractivity (Wildman–Crippen MR) is 89.8 cm³/mol. The van der Waals surface area contributed by atoms with Crippen molar-refractivity contribution in [3.63, 3.8) is 0 Å². The summed E-state index contributed by atoms with van der Waals surface area (Å²) in [6, 6.07) is 1.16. The lowest BCUT2D eigenvalue weighted by atomic mass is 10.1. The molecule has 1 amide bonds. The standard InChI is InChI=1S/C15H20N4O3S/c1-3-5-11(15(21)22)19-12(20)7-16-13-10-6-9(4-2)23-14(10)18-8-17-13/h6,8,11H,3-5,7H2,1-2H3,(H,19,20)(H,21,22)(H,16,17,18). The monoisotopic (exact) mass is 336 g/mol. The van der Waals surface area contributed by atoms with Crippen LogP contribution in [-0.4, -0.2) is 39.5 Å². The van der Waals surface area contributed by atoms with E-state index < -0.39 is 12.0 Å². The lowest BCUT2D eigenvalue weighted by Crippen LogP contribution is -2.43. The van der Waals surface area contributed by atoms with Crippen molar-refractivity contribution < 1.29 is 14.7 Å². The number of carbonyl (C=O) groups is 2. The molecule has 2 heterocycles. The number of aliphatic carboxylic acids is 1. The zero-order chi connectivity index (χ0) is 16.8. The average molecular weight is 336 g/mol. The van der Waals surface area contributed by atoms with Crippen LogP contribution in [0.25, 0.3) is 10.2 Å². The Morgan fingerprint density at radius 2 is 2.13 bits per heavy atom. The topological polar surface area (TPSA) is 104 Å². The van der Waals surface area contributed by atoms with E-state index in [0.29, 0.717) is 18.7 Å². The highest BCUT2D eigenvalue weighted by molar-refractivity contribution is 7.18. The lowest BCUT2D eigenvalue weighted by molar-refractivity contribution is -0.141. The number of hydrogen-bond donors (Lipinski definition) is 3.